The molecule has 4 rings (SSSR count). The number of fused-ring (bicyclic) bond motifs is 1. The predicted octanol–water partition coefficient (Wildman–Crippen LogP) is 3.46. The Hall–Kier alpha value is -2.41. The Morgan fingerprint density at radius 1 is 1.30 bits per heavy atom. The molecule has 6 nitrogen and oxygen atoms in total. The second-order valence-electron chi connectivity index (χ2n) is 7.05. The Morgan fingerprint density at radius 2 is 2.07 bits per heavy atom. The summed E-state index contributed by atoms with van der Waals surface area (Å²) in [6.07, 6.45) is 2.37. The van der Waals surface area contributed by atoms with E-state index in [9.17, 15) is 9.18 Å². The molecular weight excluding hydrogens is 349 g/mol. The minimum atomic E-state index is -0.284. The Labute approximate surface area is 157 Å². The lowest BCUT2D eigenvalue weighted by Crippen LogP contribution is -2.48. The van der Waals surface area contributed by atoms with E-state index in [2.05, 4.69) is 10.1 Å². The lowest BCUT2D eigenvalue weighted by molar-refractivity contribution is 0.0695. The molecule has 7 heteroatoms. The van der Waals surface area contributed by atoms with Crippen molar-refractivity contribution in [2.45, 2.75) is 38.8 Å². The van der Waals surface area contributed by atoms with Gasteiger partial charge >= 0.3 is 6.09 Å². The monoisotopic (exact) mass is 373 g/mol. The zero-order valence-corrected chi connectivity index (χ0v) is 15.5. The van der Waals surface area contributed by atoms with Crippen LogP contribution in [-0.4, -0.2) is 53.3 Å². The summed E-state index contributed by atoms with van der Waals surface area (Å²) >= 11 is 0. The molecule has 0 saturated carbocycles. The van der Waals surface area contributed by atoms with E-state index < -0.39 is 0 Å². The van der Waals surface area contributed by atoms with Crippen molar-refractivity contribution in [3.8, 4) is 11.3 Å². The maximum absolute atomic E-state index is 14.2. The van der Waals surface area contributed by atoms with E-state index in [1.807, 2.05) is 13.0 Å². The van der Waals surface area contributed by atoms with E-state index in [1.165, 1.54) is 6.07 Å². The van der Waals surface area contributed by atoms with Crippen LogP contribution in [0.15, 0.2) is 28.8 Å². The number of halogens is 1. The number of hydrogen-bond donors (Lipinski definition) is 0. The van der Waals surface area contributed by atoms with E-state index in [0.717, 1.165) is 37.1 Å². The Kier molecular flexibility index (Phi) is 5.11. The molecule has 0 atom stereocenters. The molecule has 3 heterocycles. The van der Waals surface area contributed by atoms with Gasteiger partial charge in [0, 0.05) is 49.8 Å². The van der Waals surface area contributed by atoms with Gasteiger partial charge in [0.1, 0.15) is 17.3 Å². The highest BCUT2D eigenvalue weighted by atomic mass is 19.1. The number of benzene rings is 1. The first kappa shape index (κ1) is 18.0. The molecule has 0 N–H and O–H groups in total. The molecule has 2 aromatic rings. The molecule has 1 fully saturated rings. The number of carbonyl (C=O) groups excluding carboxylic acids is 1. The molecule has 27 heavy (non-hydrogen) atoms. The van der Waals surface area contributed by atoms with Crippen molar-refractivity contribution in [2.75, 3.05) is 26.2 Å². The minimum Gasteiger partial charge on any atom is -0.450 e. The van der Waals surface area contributed by atoms with E-state index in [-0.39, 0.29) is 11.9 Å². The standard InChI is InChI=1S/C20H24FN3O3/c1-2-26-20(25)23-10-7-14(8-11-23)24-12-9-18-16(13-24)19(22-27-18)15-5-3-4-6-17(15)21/h3-6,14H,2,7-13H2,1H3. The molecule has 1 saturated heterocycles. The third kappa shape index (κ3) is 3.56. The van der Waals surface area contributed by atoms with Gasteiger partial charge in [-0.25, -0.2) is 9.18 Å². The van der Waals surface area contributed by atoms with Crippen LogP contribution in [0.25, 0.3) is 11.3 Å². The fraction of sp³-hybridized carbons (Fsp3) is 0.500. The molecule has 0 bridgehead atoms. The largest absolute Gasteiger partial charge is 0.450 e. The lowest BCUT2D eigenvalue weighted by Gasteiger charge is -2.39. The highest BCUT2D eigenvalue weighted by Gasteiger charge is 2.32. The summed E-state index contributed by atoms with van der Waals surface area (Å²) in [5.41, 5.74) is 2.08. The number of carbonyl (C=O) groups is 1. The zero-order chi connectivity index (χ0) is 18.8. The zero-order valence-electron chi connectivity index (χ0n) is 15.5. The third-order valence-electron chi connectivity index (χ3n) is 5.49. The van der Waals surface area contributed by atoms with E-state index in [0.29, 0.717) is 43.5 Å². The molecule has 0 unspecified atom stereocenters. The quantitative estimate of drug-likeness (QED) is 0.825. The van der Waals surface area contributed by atoms with Crippen molar-refractivity contribution in [3.05, 3.63) is 41.4 Å². The number of hydrogen-bond acceptors (Lipinski definition) is 5. The average Bonchev–Trinajstić information content (AvgIpc) is 3.12. The van der Waals surface area contributed by atoms with E-state index in [1.54, 1.807) is 17.0 Å². The van der Waals surface area contributed by atoms with Crippen molar-refractivity contribution in [3.63, 3.8) is 0 Å². The van der Waals surface area contributed by atoms with Gasteiger partial charge in [-0.15, -0.1) is 0 Å². The van der Waals surface area contributed by atoms with Crippen molar-refractivity contribution < 1.29 is 18.4 Å². The maximum Gasteiger partial charge on any atom is 0.409 e. The molecule has 0 spiro atoms. The van der Waals surface area contributed by atoms with Gasteiger partial charge in [-0.2, -0.15) is 0 Å². The fourth-order valence-corrected chi connectivity index (χ4v) is 4.03. The Bertz CT molecular complexity index is 815. The number of piperidine rings is 1. The topological polar surface area (TPSA) is 58.8 Å². The first-order chi connectivity index (χ1) is 13.2. The second-order valence-corrected chi connectivity index (χ2v) is 7.05. The summed E-state index contributed by atoms with van der Waals surface area (Å²) in [5.74, 6) is 0.571. The number of rotatable bonds is 3. The van der Waals surface area contributed by atoms with Crippen LogP contribution in [0.5, 0.6) is 0 Å². The molecule has 1 aromatic carbocycles. The molecule has 0 aliphatic carbocycles. The summed E-state index contributed by atoms with van der Waals surface area (Å²) in [4.78, 5) is 16.1. The molecule has 144 valence electrons. The van der Waals surface area contributed by atoms with Crippen molar-refractivity contribution in [2.24, 2.45) is 0 Å². The Morgan fingerprint density at radius 3 is 2.81 bits per heavy atom. The number of nitrogens with zero attached hydrogens (tertiary/aromatic N) is 3. The van der Waals surface area contributed by atoms with Crippen molar-refractivity contribution in [1.82, 2.24) is 15.0 Å². The third-order valence-corrected chi connectivity index (χ3v) is 5.49. The van der Waals surface area contributed by atoms with Crippen molar-refractivity contribution >= 4 is 6.09 Å². The lowest BCUT2D eigenvalue weighted by atomic mass is 9.97. The van der Waals surface area contributed by atoms with Gasteiger partial charge in [0.15, 0.2) is 0 Å². The normalized spacial score (nSPS) is 18.4. The van der Waals surface area contributed by atoms with Gasteiger partial charge in [0.05, 0.1) is 6.61 Å². The minimum absolute atomic E-state index is 0.224. The maximum atomic E-state index is 14.2. The number of ether oxygens (including phenoxy) is 1. The molecule has 1 aromatic heterocycles. The average molecular weight is 373 g/mol. The smallest absolute Gasteiger partial charge is 0.409 e. The van der Waals surface area contributed by atoms with Gasteiger partial charge in [-0.3, -0.25) is 4.90 Å². The van der Waals surface area contributed by atoms with E-state index in [4.69, 9.17) is 9.26 Å². The summed E-state index contributed by atoms with van der Waals surface area (Å²) < 4.78 is 24.8. The van der Waals surface area contributed by atoms with Gasteiger partial charge in [0.2, 0.25) is 0 Å². The van der Waals surface area contributed by atoms with Crippen LogP contribution in [0, 0.1) is 5.82 Å². The molecule has 2 aliphatic rings. The first-order valence-electron chi connectivity index (χ1n) is 9.55. The summed E-state index contributed by atoms with van der Waals surface area (Å²) in [6.45, 7) is 5.23. The number of aromatic nitrogens is 1. The fourth-order valence-electron chi connectivity index (χ4n) is 4.03. The van der Waals surface area contributed by atoms with E-state index >= 15 is 0 Å². The summed E-state index contributed by atoms with van der Waals surface area (Å²) in [5, 5.41) is 4.15. The van der Waals surface area contributed by atoms with Crippen LogP contribution in [0.2, 0.25) is 0 Å². The van der Waals surface area contributed by atoms with Crippen LogP contribution in [0.3, 0.4) is 0 Å². The highest BCUT2D eigenvalue weighted by molar-refractivity contribution is 5.67. The molecule has 2 aliphatic heterocycles. The number of amides is 1. The summed E-state index contributed by atoms with van der Waals surface area (Å²) in [6, 6.07) is 7.07. The van der Waals surface area contributed by atoms with Gasteiger partial charge in [-0.05, 0) is 31.9 Å². The van der Waals surface area contributed by atoms with Gasteiger partial charge < -0.3 is 14.2 Å². The van der Waals surface area contributed by atoms with Gasteiger partial charge in [-0.1, -0.05) is 17.3 Å². The highest BCUT2D eigenvalue weighted by Crippen LogP contribution is 2.33. The second kappa shape index (κ2) is 7.68. The van der Waals surface area contributed by atoms with Crippen LogP contribution < -0.4 is 0 Å². The predicted molar refractivity (Wildman–Crippen MR) is 97.6 cm³/mol. The van der Waals surface area contributed by atoms with Crippen LogP contribution in [-0.2, 0) is 17.7 Å². The van der Waals surface area contributed by atoms with Crippen LogP contribution in [0.4, 0.5) is 9.18 Å². The molecule has 0 radical (unpaired) electrons. The van der Waals surface area contributed by atoms with Crippen LogP contribution in [0.1, 0.15) is 31.1 Å². The van der Waals surface area contributed by atoms with Crippen molar-refractivity contribution in [1.29, 1.82) is 0 Å². The first-order valence-corrected chi connectivity index (χ1v) is 9.55. The van der Waals surface area contributed by atoms with Gasteiger partial charge in [0.25, 0.3) is 0 Å². The molecular formula is C20H24FN3O3. The van der Waals surface area contributed by atoms with Crippen LogP contribution >= 0.6 is 0 Å². The Balaban J connectivity index is 1.46. The number of likely N-dealkylation sites (tertiary alicyclic amines) is 1. The SMILES string of the molecule is CCOC(=O)N1CCC(N2CCc3onc(-c4ccccc4F)c3C2)CC1. The summed E-state index contributed by atoms with van der Waals surface area (Å²) in [7, 11) is 0. The molecule has 1 amide bonds.